The first kappa shape index (κ1) is 16.4. The second kappa shape index (κ2) is 7.85. The molecule has 0 spiro atoms. The van der Waals surface area contributed by atoms with E-state index in [0.717, 1.165) is 13.0 Å². The number of carboxylic acid groups (broad SMARTS) is 1. The first-order valence-corrected chi connectivity index (χ1v) is 7.68. The lowest BCUT2D eigenvalue weighted by molar-refractivity contribution is -0.145. The molecule has 0 bridgehead atoms. The highest BCUT2D eigenvalue weighted by atomic mass is 16.4. The normalized spacial score (nSPS) is 21.1. The van der Waals surface area contributed by atoms with Gasteiger partial charge in [0.05, 0.1) is 0 Å². The molecule has 0 radical (unpaired) electrons. The van der Waals surface area contributed by atoms with Gasteiger partial charge >= 0.3 is 5.97 Å². The number of carbonyl (C=O) groups is 1. The van der Waals surface area contributed by atoms with Crippen LogP contribution in [-0.2, 0) is 4.79 Å². The predicted octanol–water partition coefficient (Wildman–Crippen LogP) is 2.48. The average molecular weight is 270 g/mol. The standard InChI is InChI=1S/C15H30N2O2/c1-4-11-16-15(2,14(18)19)12-17(3)13-9-7-5-6-8-10-13/h13,16H,4-12H2,1-3H3,(H,18,19). The SMILES string of the molecule is CCCNC(C)(CN(C)C1CCCCCC1)C(=O)O. The third-order valence-electron chi connectivity index (χ3n) is 4.25. The molecule has 1 unspecified atom stereocenters. The zero-order valence-electron chi connectivity index (χ0n) is 12.7. The summed E-state index contributed by atoms with van der Waals surface area (Å²) in [6.45, 7) is 5.19. The molecular formula is C15H30N2O2. The second-order valence-corrected chi connectivity index (χ2v) is 6.12. The van der Waals surface area contributed by atoms with Gasteiger partial charge in [-0.15, -0.1) is 0 Å². The lowest BCUT2D eigenvalue weighted by Crippen LogP contribution is -2.57. The Bertz CT molecular complexity index is 275. The van der Waals surface area contributed by atoms with Gasteiger partial charge in [0.25, 0.3) is 0 Å². The van der Waals surface area contributed by atoms with Gasteiger partial charge in [-0.2, -0.15) is 0 Å². The third kappa shape index (κ3) is 5.11. The molecule has 112 valence electrons. The number of likely N-dealkylation sites (N-methyl/N-ethyl adjacent to an activating group) is 1. The molecule has 2 N–H and O–H groups in total. The Morgan fingerprint density at radius 2 is 1.89 bits per heavy atom. The molecule has 0 aliphatic heterocycles. The van der Waals surface area contributed by atoms with Gasteiger partial charge in [-0.05, 0) is 39.8 Å². The van der Waals surface area contributed by atoms with Crippen LogP contribution in [0.5, 0.6) is 0 Å². The Morgan fingerprint density at radius 1 is 1.32 bits per heavy atom. The smallest absolute Gasteiger partial charge is 0.324 e. The summed E-state index contributed by atoms with van der Waals surface area (Å²) in [5, 5.41) is 12.7. The number of nitrogens with one attached hydrogen (secondary N) is 1. The van der Waals surface area contributed by atoms with Crippen molar-refractivity contribution in [1.29, 1.82) is 0 Å². The summed E-state index contributed by atoms with van der Waals surface area (Å²) >= 11 is 0. The maximum Gasteiger partial charge on any atom is 0.324 e. The Labute approximate surface area is 117 Å². The number of hydrogen-bond donors (Lipinski definition) is 2. The van der Waals surface area contributed by atoms with E-state index in [1.165, 1.54) is 38.5 Å². The molecule has 1 rings (SSSR count). The highest BCUT2D eigenvalue weighted by Crippen LogP contribution is 2.22. The van der Waals surface area contributed by atoms with Crippen molar-refractivity contribution in [3.63, 3.8) is 0 Å². The molecule has 1 fully saturated rings. The Hall–Kier alpha value is -0.610. The van der Waals surface area contributed by atoms with Crippen molar-refractivity contribution in [2.45, 2.75) is 70.4 Å². The van der Waals surface area contributed by atoms with Crippen molar-refractivity contribution >= 4 is 5.97 Å². The van der Waals surface area contributed by atoms with Crippen LogP contribution in [0.25, 0.3) is 0 Å². The van der Waals surface area contributed by atoms with Gasteiger partial charge in [-0.1, -0.05) is 32.6 Å². The minimum Gasteiger partial charge on any atom is -0.480 e. The molecule has 0 heterocycles. The summed E-state index contributed by atoms with van der Waals surface area (Å²) in [5.41, 5.74) is -0.836. The maximum atomic E-state index is 11.5. The lowest BCUT2D eigenvalue weighted by atomic mass is 9.99. The van der Waals surface area contributed by atoms with E-state index in [-0.39, 0.29) is 0 Å². The van der Waals surface area contributed by atoms with E-state index >= 15 is 0 Å². The van der Waals surface area contributed by atoms with E-state index in [4.69, 9.17) is 0 Å². The van der Waals surface area contributed by atoms with Crippen molar-refractivity contribution in [1.82, 2.24) is 10.2 Å². The summed E-state index contributed by atoms with van der Waals surface area (Å²) < 4.78 is 0. The van der Waals surface area contributed by atoms with Crippen LogP contribution in [0.15, 0.2) is 0 Å². The zero-order valence-corrected chi connectivity index (χ0v) is 12.7. The van der Waals surface area contributed by atoms with Gasteiger partial charge in [0, 0.05) is 12.6 Å². The van der Waals surface area contributed by atoms with Gasteiger partial charge in [-0.25, -0.2) is 0 Å². The van der Waals surface area contributed by atoms with Crippen molar-refractivity contribution in [3.05, 3.63) is 0 Å². The van der Waals surface area contributed by atoms with E-state index < -0.39 is 11.5 Å². The minimum absolute atomic E-state index is 0.546. The molecule has 1 saturated carbocycles. The van der Waals surface area contributed by atoms with Crippen molar-refractivity contribution < 1.29 is 9.90 Å². The number of hydrogen-bond acceptors (Lipinski definition) is 3. The molecule has 19 heavy (non-hydrogen) atoms. The quantitative estimate of drug-likeness (QED) is 0.698. The molecule has 0 aromatic heterocycles. The molecule has 1 aliphatic carbocycles. The molecular weight excluding hydrogens is 240 g/mol. The van der Waals surface area contributed by atoms with Gasteiger partial charge < -0.3 is 15.3 Å². The fourth-order valence-electron chi connectivity index (χ4n) is 2.93. The topological polar surface area (TPSA) is 52.6 Å². The second-order valence-electron chi connectivity index (χ2n) is 6.12. The average Bonchev–Trinajstić information content (AvgIpc) is 2.65. The summed E-state index contributed by atoms with van der Waals surface area (Å²) in [6.07, 6.45) is 8.58. The van der Waals surface area contributed by atoms with Gasteiger partial charge in [0.2, 0.25) is 0 Å². The van der Waals surface area contributed by atoms with E-state index in [1.807, 2.05) is 0 Å². The Balaban J connectivity index is 2.58. The van der Waals surface area contributed by atoms with E-state index in [2.05, 4.69) is 24.2 Å². The van der Waals surface area contributed by atoms with Crippen LogP contribution in [0.2, 0.25) is 0 Å². The molecule has 1 atom stereocenters. The number of nitrogens with zero attached hydrogens (tertiary/aromatic N) is 1. The van der Waals surface area contributed by atoms with E-state index in [1.54, 1.807) is 6.92 Å². The highest BCUT2D eigenvalue weighted by molar-refractivity contribution is 5.78. The Kier molecular flexibility index (Phi) is 6.80. The molecule has 0 amide bonds. The lowest BCUT2D eigenvalue weighted by Gasteiger charge is -2.35. The number of rotatable bonds is 7. The third-order valence-corrected chi connectivity index (χ3v) is 4.25. The molecule has 4 nitrogen and oxygen atoms in total. The predicted molar refractivity (Wildman–Crippen MR) is 78.5 cm³/mol. The van der Waals surface area contributed by atoms with Crippen LogP contribution in [-0.4, -0.2) is 47.7 Å². The fourth-order valence-corrected chi connectivity index (χ4v) is 2.93. The molecule has 4 heteroatoms. The minimum atomic E-state index is -0.836. The van der Waals surface area contributed by atoms with Gasteiger partial charge in [-0.3, -0.25) is 4.79 Å². The molecule has 0 aromatic carbocycles. The van der Waals surface area contributed by atoms with Crippen LogP contribution < -0.4 is 5.32 Å². The molecule has 1 aliphatic rings. The number of aliphatic carboxylic acids is 1. The monoisotopic (exact) mass is 270 g/mol. The van der Waals surface area contributed by atoms with E-state index in [0.29, 0.717) is 12.6 Å². The van der Waals surface area contributed by atoms with Crippen molar-refractivity contribution in [3.8, 4) is 0 Å². The summed E-state index contributed by atoms with van der Waals surface area (Å²) in [5.74, 6) is -0.749. The van der Waals surface area contributed by atoms with Crippen LogP contribution in [0.4, 0.5) is 0 Å². The number of carboxylic acids is 1. The van der Waals surface area contributed by atoms with Crippen LogP contribution in [0.1, 0.15) is 58.8 Å². The van der Waals surface area contributed by atoms with Crippen molar-refractivity contribution in [2.75, 3.05) is 20.1 Å². The maximum absolute atomic E-state index is 11.5. The van der Waals surface area contributed by atoms with Gasteiger partial charge in [0.1, 0.15) is 5.54 Å². The molecule has 0 saturated heterocycles. The fraction of sp³-hybridized carbons (Fsp3) is 0.933. The molecule has 0 aromatic rings. The van der Waals surface area contributed by atoms with Crippen molar-refractivity contribution in [2.24, 2.45) is 0 Å². The first-order valence-electron chi connectivity index (χ1n) is 7.68. The zero-order chi connectivity index (χ0) is 14.3. The highest BCUT2D eigenvalue weighted by Gasteiger charge is 2.35. The first-order chi connectivity index (χ1) is 8.99. The van der Waals surface area contributed by atoms with Gasteiger partial charge in [0.15, 0.2) is 0 Å². The van der Waals surface area contributed by atoms with E-state index in [9.17, 15) is 9.90 Å². The summed E-state index contributed by atoms with van der Waals surface area (Å²) in [4.78, 5) is 13.8. The summed E-state index contributed by atoms with van der Waals surface area (Å²) in [7, 11) is 2.07. The largest absolute Gasteiger partial charge is 0.480 e. The van der Waals surface area contributed by atoms with Crippen LogP contribution in [0, 0.1) is 0 Å². The van der Waals surface area contributed by atoms with Crippen LogP contribution in [0.3, 0.4) is 0 Å². The Morgan fingerprint density at radius 3 is 2.37 bits per heavy atom. The van der Waals surface area contributed by atoms with Crippen LogP contribution >= 0.6 is 0 Å². The summed E-state index contributed by atoms with van der Waals surface area (Å²) in [6, 6.07) is 0.546.